The van der Waals surface area contributed by atoms with E-state index in [1.807, 2.05) is 18.2 Å². The van der Waals surface area contributed by atoms with Gasteiger partial charge in [-0.05, 0) is 49.2 Å². The van der Waals surface area contributed by atoms with E-state index in [1.54, 1.807) is 13.2 Å². The Labute approximate surface area is 173 Å². The van der Waals surface area contributed by atoms with E-state index in [2.05, 4.69) is 42.0 Å². The molecular weight excluding hydrogens is 382 g/mol. The van der Waals surface area contributed by atoms with Crippen molar-refractivity contribution in [3.63, 3.8) is 0 Å². The van der Waals surface area contributed by atoms with Crippen molar-refractivity contribution in [2.24, 2.45) is 0 Å². The molecule has 0 amide bonds. The number of H-pyrrole nitrogens is 1. The van der Waals surface area contributed by atoms with Gasteiger partial charge in [-0.3, -0.25) is 10.1 Å². The molecule has 4 rings (SSSR count). The van der Waals surface area contributed by atoms with Crippen LogP contribution in [0.3, 0.4) is 0 Å². The molecule has 0 aliphatic heterocycles. The Morgan fingerprint density at radius 3 is 2.63 bits per heavy atom. The molecule has 0 bridgehead atoms. The average molecular weight is 403 g/mol. The summed E-state index contributed by atoms with van der Waals surface area (Å²) in [7, 11) is 1.59. The summed E-state index contributed by atoms with van der Waals surface area (Å²) in [5.41, 5.74) is 5.56. The van der Waals surface area contributed by atoms with Crippen LogP contribution in [0.2, 0.25) is 0 Å². The minimum absolute atomic E-state index is 0.0190. The molecule has 0 atom stereocenters. The molecule has 0 aliphatic carbocycles. The first kappa shape index (κ1) is 19.4. The molecule has 1 N–H and O–H groups in total. The number of hydrogen-bond donors (Lipinski definition) is 1. The summed E-state index contributed by atoms with van der Waals surface area (Å²) in [6.45, 7) is 4.56. The van der Waals surface area contributed by atoms with Gasteiger partial charge in [-0.15, -0.1) is 0 Å². The molecule has 0 aliphatic rings. The van der Waals surface area contributed by atoms with Crippen molar-refractivity contribution in [2.75, 3.05) is 7.11 Å². The number of fused-ring (bicyclic) bond motifs is 1. The van der Waals surface area contributed by atoms with E-state index in [0.29, 0.717) is 35.0 Å². The molecule has 0 spiro atoms. The fraction of sp³-hybridized carbons (Fsp3) is 0.174. The number of imidazole rings is 1. The topological polar surface area (TPSA) is 90.3 Å². The maximum absolute atomic E-state index is 11.0. The number of aromatic amines is 1. The zero-order valence-electron chi connectivity index (χ0n) is 16.9. The molecular formula is C23H21N3O4. The lowest BCUT2D eigenvalue weighted by Gasteiger charge is -2.13. The highest BCUT2D eigenvalue weighted by Crippen LogP contribution is 2.33. The maximum atomic E-state index is 11.0. The summed E-state index contributed by atoms with van der Waals surface area (Å²) in [6, 6.07) is 16.4. The monoisotopic (exact) mass is 403 g/mol. The van der Waals surface area contributed by atoms with Crippen LogP contribution in [0.1, 0.15) is 16.7 Å². The van der Waals surface area contributed by atoms with Gasteiger partial charge in [-0.2, -0.15) is 0 Å². The number of aryl methyl sites for hydroxylation is 2. The van der Waals surface area contributed by atoms with Gasteiger partial charge in [0.15, 0.2) is 11.5 Å². The fourth-order valence-electron chi connectivity index (χ4n) is 3.29. The van der Waals surface area contributed by atoms with Gasteiger partial charge in [0.05, 0.1) is 23.1 Å². The Bertz CT molecular complexity index is 1250. The highest BCUT2D eigenvalue weighted by Gasteiger charge is 2.13. The third-order valence-corrected chi connectivity index (χ3v) is 5.00. The molecule has 152 valence electrons. The lowest BCUT2D eigenvalue weighted by atomic mass is 10.1. The number of aromatic nitrogens is 2. The Balaban J connectivity index is 1.61. The zero-order valence-corrected chi connectivity index (χ0v) is 16.9. The van der Waals surface area contributed by atoms with Gasteiger partial charge < -0.3 is 14.5 Å². The number of rotatable bonds is 6. The van der Waals surface area contributed by atoms with Gasteiger partial charge >= 0.3 is 0 Å². The van der Waals surface area contributed by atoms with E-state index < -0.39 is 4.92 Å². The second-order valence-electron chi connectivity index (χ2n) is 7.13. The third-order valence-electron chi connectivity index (χ3n) is 5.00. The van der Waals surface area contributed by atoms with Crippen LogP contribution in [0.25, 0.3) is 22.4 Å². The number of nitrogens with zero attached hydrogens (tertiary/aromatic N) is 2. The predicted molar refractivity (Wildman–Crippen MR) is 115 cm³/mol. The van der Waals surface area contributed by atoms with E-state index >= 15 is 0 Å². The number of hydrogen-bond acceptors (Lipinski definition) is 5. The van der Waals surface area contributed by atoms with Gasteiger partial charge in [0.2, 0.25) is 0 Å². The van der Waals surface area contributed by atoms with Crippen molar-refractivity contribution in [1.29, 1.82) is 0 Å². The fourth-order valence-corrected chi connectivity index (χ4v) is 3.29. The molecule has 0 saturated carbocycles. The van der Waals surface area contributed by atoms with Crippen molar-refractivity contribution in [2.45, 2.75) is 20.5 Å². The number of ether oxygens (including phenoxy) is 2. The molecule has 0 fully saturated rings. The average Bonchev–Trinajstić information content (AvgIpc) is 3.17. The Morgan fingerprint density at radius 2 is 1.87 bits per heavy atom. The predicted octanol–water partition coefficient (Wildman–Crippen LogP) is 5.34. The summed E-state index contributed by atoms with van der Waals surface area (Å²) in [6.07, 6.45) is 0. The second-order valence-corrected chi connectivity index (χ2v) is 7.13. The normalized spacial score (nSPS) is 10.9. The van der Waals surface area contributed by atoms with Gasteiger partial charge in [0, 0.05) is 17.7 Å². The third kappa shape index (κ3) is 3.82. The molecule has 7 heteroatoms. The van der Waals surface area contributed by atoms with Crippen molar-refractivity contribution in [3.8, 4) is 22.9 Å². The summed E-state index contributed by atoms with van der Waals surface area (Å²) < 4.78 is 11.5. The van der Waals surface area contributed by atoms with Crippen LogP contribution in [0.4, 0.5) is 5.69 Å². The number of nitro benzene ring substituents is 1. The van der Waals surface area contributed by atoms with Crippen LogP contribution in [-0.2, 0) is 6.61 Å². The van der Waals surface area contributed by atoms with Crippen molar-refractivity contribution < 1.29 is 14.4 Å². The van der Waals surface area contributed by atoms with Crippen molar-refractivity contribution in [1.82, 2.24) is 9.97 Å². The number of non-ortho nitro benzene ring substituents is 1. The SMILES string of the molecule is COc1cc(-c2nc3ccc([N+](=O)[O-])cc3[nH]2)ccc1OCc1cc(C)ccc1C. The summed E-state index contributed by atoms with van der Waals surface area (Å²) >= 11 is 0. The first-order chi connectivity index (χ1) is 14.4. The van der Waals surface area contributed by atoms with Crippen LogP contribution >= 0.6 is 0 Å². The Morgan fingerprint density at radius 1 is 1.03 bits per heavy atom. The molecule has 4 aromatic rings. The molecule has 1 aromatic heterocycles. The molecule has 0 saturated heterocycles. The van der Waals surface area contributed by atoms with Crippen LogP contribution in [0.15, 0.2) is 54.6 Å². The number of nitro groups is 1. The van der Waals surface area contributed by atoms with E-state index in [1.165, 1.54) is 23.3 Å². The van der Waals surface area contributed by atoms with E-state index in [-0.39, 0.29) is 5.69 Å². The highest BCUT2D eigenvalue weighted by molar-refractivity contribution is 5.81. The molecule has 7 nitrogen and oxygen atoms in total. The number of benzene rings is 3. The van der Waals surface area contributed by atoms with Crippen LogP contribution < -0.4 is 9.47 Å². The lowest BCUT2D eigenvalue weighted by molar-refractivity contribution is -0.384. The summed E-state index contributed by atoms with van der Waals surface area (Å²) in [5, 5.41) is 11.0. The minimum atomic E-state index is -0.426. The van der Waals surface area contributed by atoms with Crippen LogP contribution in [0, 0.1) is 24.0 Å². The van der Waals surface area contributed by atoms with Gasteiger partial charge in [0.1, 0.15) is 12.4 Å². The number of methoxy groups -OCH3 is 1. The largest absolute Gasteiger partial charge is 0.493 e. The molecule has 3 aromatic carbocycles. The molecule has 0 radical (unpaired) electrons. The lowest BCUT2D eigenvalue weighted by Crippen LogP contribution is -2.00. The zero-order chi connectivity index (χ0) is 21.3. The Kier molecular flexibility index (Phi) is 5.10. The van der Waals surface area contributed by atoms with E-state index in [0.717, 1.165) is 11.1 Å². The van der Waals surface area contributed by atoms with Crippen LogP contribution in [-0.4, -0.2) is 22.0 Å². The van der Waals surface area contributed by atoms with Crippen molar-refractivity contribution in [3.05, 3.63) is 81.4 Å². The molecule has 1 heterocycles. The maximum Gasteiger partial charge on any atom is 0.271 e. The van der Waals surface area contributed by atoms with E-state index in [9.17, 15) is 10.1 Å². The van der Waals surface area contributed by atoms with Gasteiger partial charge in [0.25, 0.3) is 5.69 Å². The highest BCUT2D eigenvalue weighted by atomic mass is 16.6. The van der Waals surface area contributed by atoms with Crippen LogP contribution in [0.5, 0.6) is 11.5 Å². The van der Waals surface area contributed by atoms with Gasteiger partial charge in [-0.25, -0.2) is 4.98 Å². The first-order valence-corrected chi connectivity index (χ1v) is 9.46. The quantitative estimate of drug-likeness (QED) is 0.346. The van der Waals surface area contributed by atoms with E-state index in [4.69, 9.17) is 9.47 Å². The first-order valence-electron chi connectivity index (χ1n) is 9.46. The van der Waals surface area contributed by atoms with Gasteiger partial charge in [-0.1, -0.05) is 23.8 Å². The summed E-state index contributed by atoms with van der Waals surface area (Å²) in [4.78, 5) is 18.2. The summed E-state index contributed by atoms with van der Waals surface area (Å²) in [5.74, 6) is 1.82. The Hall–Kier alpha value is -3.87. The second kappa shape index (κ2) is 7.87. The van der Waals surface area contributed by atoms with Crippen molar-refractivity contribution >= 4 is 16.7 Å². The minimum Gasteiger partial charge on any atom is -0.493 e. The smallest absolute Gasteiger partial charge is 0.271 e. The molecule has 0 unspecified atom stereocenters. The molecule has 30 heavy (non-hydrogen) atoms. The standard InChI is InChI=1S/C23H21N3O4/c1-14-4-5-15(2)17(10-14)13-30-21-9-6-16(11-22(21)29-3)23-24-19-8-7-18(26(27)28)12-20(19)25-23/h4-12H,13H2,1-3H3,(H,24,25). The number of nitrogens with one attached hydrogen (secondary N) is 1.